The van der Waals surface area contributed by atoms with Crippen LogP contribution in [0.2, 0.25) is 0 Å². The molecular weight excluding hydrogens is 204 g/mol. The molecule has 0 heterocycles. The van der Waals surface area contributed by atoms with Gasteiger partial charge in [-0.2, -0.15) is 17.0 Å². The molecule has 0 unspecified atom stereocenters. The van der Waals surface area contributed by atoms with E-state index in [1.165, 1.54) is 15.7 Å². The van der Waals surface area contributed by atoms with Crippen LogP contribution in [0.5, 0.6) is 0 Å². The van der Waals surface area contributed by atoms with Gasteiger partial charge in [0.25, 0.3) is 10.2 Å². The maximum atomic E-state index is 11.8. The fourth-order valence-corrected chi connectivity index (χ4v) is 2.47. The third-order valence-electron chi connectivity index (χ3n) is 1.90. The first kappa shape index (κ1) is 13.8. The molecule has 14 heavy (non-hydrogen) atoms. The van der Waals surface area contributed by atoms with E-state index in [4.69, 9.17) is 11.5 Å². The number of hydrogen-bond acceptors (Lipinski definition) is 4. The Morgan fingerprint density at radius 1 is 1.14 bits per heavy atom. The molecule has 0 saturated carbocycles. The molecule has 6 nitrogen and oxygen atoms in total. The lowest BCUT2D eigenvalue weighted by atomic mass is 10.6. The van der Waals surface area contributed by atoms with Gasteiger partial charge in [-0.15, -0.1) is 0 Å². The second-order valence-electron chi connectivity index (χ2n) is 2.90. The SMILES string of the molecule is CCN(CCN)S(=O)(=O)N(C)CCN. The van der Waals surface area contributed by atoms with Crippen molar-refractivity contribution < 1.29 is 8.42 Å². The van der Waals surface area contributed by atoms with Crippen LogP contribution in [0.15, 0.2) is 0 Å². The summed E-state index contributed by atoms with van der Waals surface area (Å²) in [7, 11) is -1.85. The largest absolute Gasteiger partial charge is 0.329 e. The quantitative estimate of drug-likeness (QED) is 0.545. The fraction of sp³-hybridized carbons (Fsp3) is 1.00. The van der Waals surface area contributed by atoms with Crippen molar-refractivity contribution in [3.05, 3.63) is 0 Å². The van der Waals surface area contributed by atoms with Gasteiger partial charge in [0.1, 0.15) is 0 Å². The highest BCUT2D eigenvalue weighted by molar-refractivity contribution is 7.86. The van der Waals surface area contributed by atoms with Gasteiger partial charge in [-0.25, -0.2) is 0 Å². The summed E-state index contributed by atoms with van der Waals surface area (Å²) in [5, 5.41) is 0. The summed E-state index contributed by atoms with van der Waals surface area (Å²) in [6.07, 6.45) is 0. The highest BCUT2D eigenvalue weighted by atomic mass is 32.2. The lowest BCUT2D eigenvalue weighted by Crippen LogP contribution is -2.45. The van der Waals surface area contributed by atoms with Crippen LogP contribution in [0.3, 0.4) is 0 Å². The molecule has 0 amide bonds. The van der Waals surface area contributed by atoms with Gasteiger partial charge in [-0.3, -0.25) is 0 Å². The van der Waals surface area contributed by atoms with Crippen LogP contribution in [0, 0.1) is 0 Å². The molecule has 4 N–H and O–H groups in total. The average Bonchev–Trinajstić information content (AvgIpc) is 2.14. The normalized spacial score (nSPS) is 12.7. The molecule has 0 aliphatic rings. The van der Waals surface area contributed by atoms with Crippen molar-refractivity contribution in [3.63, 3.8) is 0 Å². The minimum atomic E-state index is -3.37. The van der Waals surface area contributed by atoms with Gasteiger partial charge in [0.2, 0.25) is 0 Å². The van der Waals surface area contributed by atoms with E-state index in [1.807, 2.05) is 0 Å². The highest BCUT2D eigenvalue weighted by Gasteiger charge is 2.23. The Kier molecular flexibility index (Phi) is 6.21. The topological polar surface area (TPSA) is 92.7 Å². The Morgan fingerprint density at radius 2 is 1.64 bits per heavy atom. The van der Waals surface area contributed by atoms with E-state index in [9.17, 15) is 8.42 Å². The second-order valence-corrected chi connectivity index (χ2v) is 4.93. The fourth-order valence-electron chi connectivity index (χ4n) is 1.07. The summed E-state index contributed by atoms with van der Waals surface area (Å²) in [5.74, 6) is 0. The molecule has 0 aromatic rings. The molecule has 0 atom stereocenters. The summed E-state index contributed by atoms with van der Waals surface area (Å²) in [6, 6.07) is 0. The molecule has 0 saturated heterocycles. The summed E-state index contributed by atoms with van der Waals surface area (Å²) >= 11 is 0. The Balaban J connectivity index is 4.55. The molecule has 0 fully saturated rings. The maximum Gasteiger partial charge on any atom is 0.281 e. The molecule has 0 aromatic heterocycles. The maximum absolute atomic E-state index is 11.8. The number of rotatable bonds is 7. The van der Waals surface area contributed by atoms with E-state index < -0.39 is 10.2 Å². The summed E-state index contributed by atoms with van der Waals surface area (Å²) in [6.45, 7) is 3.51. The first-order valence-electron chi connectivity index (χ1n) is 4.62. The summed E-state index contributed by atoms with van der Waals surface area (Å²) < 4.78 is 26.1. The third-order valence-corrected chi connectivity index (χ3v) is 3.96. The molecular formula is C7H20N4O2S. The van der Waals surface area contributed by atoms with Gasteiger partial charge < -0.3 is 11.5 Å². The predicted octanol–water partition coefficient (Wildman–Crippen LogP) is -1.60. The molecule has 0 aliphatic heterocycles. The van der Waals surface area contributed by atoms with Crippen LogP contribution in [-0.4, -0.2) is 56.8 Å². The Morgan fingerprint density at radius 3 is 2.00 bits per heavy atom. The third kappa shape index (κ3) is 3.50. The van der Waals surface area contributed by atoms with E-state index in [2.05, 4.69) is 0 Å². The van der Waals surface area contributed by atoms with E-state index >= 15 is 0 Å². The van der Waals surface area contributed by atoms with Crippen LogP contribution in [0.4, 0.5) is 0 Å². The van der Waals surface area contributed by atoms with Gasteiger partial charge in [-0.1, -0.05) is 6.92 Å². The van der Waals surface area contributed by atoms with Gasteiger partial charge in [0.15, 0.2) is 0 Å². The van der Waals surface area contributed by atoms with Gasteiger partial charge >= 0.3 is 0 Å². The molecule has 0 radical (unpaired) electrons. The van der Waals surface area contributed by atoms with Crippen molar-refractivity contribution in [2.45, 2.75) is 6.92 Å². The Bertz CT molecular complexity index is 242. The number of nitrogens with two attached hydrogens (primary N) is 2. The van der Waals surface area contributed by atoms with E-state index in [1.54, 1.807) is 6.92 Å². The van der Waals surface area contributed by atoms with Crippen LogP contribution < -0.4 is 11.5 Å². The molecule has 0 rings (SSSR count). The van der Waals surface area contributed by atoms with Crippen molar-refractivity contribution in [1.29, 1.82) is 0 Å². The van der Waals surface area contributed by atoms with Crippen LogP contribution in [0.1, 0.15) is 6.92 Å². The van der Waals surface area contributed by atoms with Crippen molar-refractivity contribution in [3.8, 4) is 0 Å². The number of nitrogens with zero attached hydrogens (tertiary/aromatic N) is 2. The van der Waals surface area contributed by atoms with Crippen molar-refractivity contribution in [2.24, 2.45) is 11.5 Å². The first-order chi connectivity index (χ1) is 6.50. The zero-order valence-corrected chi connectivity index (χ0v) is 9.63. The molecule has 0 aromatic carbocycles. The van der Waals surface area contributed by atoms with Gasteiger partial charge in [0.05, 0.1) is 0 Å². The molecule has 7 heteroatoms. The predicted molar refractivity (Wildman–Crippen MR) is 56.9 cm³/mol. The number of likely N-dealkylation sites (N-methyl/N-ethyl adjacent to an activating group) is 2. The van der Waals surface area contributed by atoms with E-state index in [-0.39, 0.29) is 0 Å². The molecule has 0 bridgehead atoms. The lowest BCUT2D eigenvalue weighted by Gasteiger charge is -2.25. The average molecular weight is 224 g/mol. The minimum Gasteiger partial charge on any atom is -0.329 e. The van der Waals surface area contributed by atoms with Crippen molar-refractivity contribution >= 4 is 10.2 Å². The molecule has 0 aliphatic carbocycles. The summed E-state index contributed by atoms with van der Waals surface area (Å²) in [4.78, 5) is 0. The monoisotopic (exact) mass is 224 g/mol. The molecule has 0 spiro atoms. The highest BCUT2D eigenvalue weighted by Crippen LogP contribution is 2.04. The number of hydrogen-bond donors (Lipinski definition) is 2. The minimum absolute atomic E-state index is 0.315. The molecule has 86 valence electrons. The van der Waals surface area contributed by atoms with Gasteiger partial charge in [-0.05, 0) is 0 Å². The zero-order valence-electron chi connectivity index (χ0n) is 8.81. The van der Waals surface area contributed by atoms with Crippen LogP contribution in [0.25, 0.3) is 0 Å². The summed E-state index contributed by atoms with van der Waals surface area (Å²) in [5.41, 5.74) is 10.6. The Labute approximate surface area is 86.0 Å². The standard InChI is InChI=1S/C7H20N4O2S/c1-3-11(7-5-9)14(12,13)10(2)6-4-8/h3-9H2,1-2H3. The van der Waals surface area contributed by atoms with Crippen LogP contribution >= 0.6 is 0 Å². The van der Waals surface area contributed by atoms with E-state index in [0.717, 1.165) is 0 Å². The Hall–Kier alpha value is -0.210. The smallest absolute Gasteiger partial charge is 0.281 e. The zero-order chi connectivity index (χ0) is 11.2. The van der Waals surface area contributed by atoms with Crippen molar-refractivity contribution in [2.75, 3.05) is 39.8 Å². The van der Waals surface area contributed by atoms with Crippen molar-refractivity contribution in [1.82, 2.24) is 8.61 Å². The van der Waals surface area contributed by atoms with Crippen LogP contribution in [-0.2, 0) is 10.2 Å². The second kappa shape index (κ2) is 6.31. The van der Waals surface area contributed by atoms with Gasteiger partial charge in [0, 0.05) is 39.8 Å². The van der Waals surface area contributed by atoms with E-state index in [0.29, 0.717) is 32.7 Å². The first-order valence-corrected chi connectivity index (χ1v) is 6.01. The lowest BCUT2D eigenvalue weighted by molar-refractivity contribution is 0.375.